The van der Waals surface area contributed by atoms with E-state index in [0.717, 1.165) is 17.1 Å². The maximum absolute atomic E-state index is 14.2. The van der Waals surface area contributed by atoms with Crippen LogP contribution < -0.4 is 5.32 Å². The molecule has 1 aromatic carbocycles. The summed E-state index contributed by atoms with van der Waals surface area (Å²) < 4.78 is 33.6. The Morgan fingerprint density at radius 2 is 2.08 bits per heavy atom. The second-order valence-corrected chi connectivity index (χ2v) is 7.49. The monoisotopic (exact) mass is 351 g/mol. The van der Waals surface area contributed by atoms with Crippen molar-refractivity contribution in [2.75, 3.05) is 13.1 Å². The quantitative estimate of drug-likeness (QED) is 0.842. The number of likely N-dealkylation sites (tertiary alicyclic amines) is 1. The molecule has 3 rings (SSSR count). The van der Waals surface area contributed by atoms with Gasteiger partial charge in [0.1, 0.15) is 17.5 Å². The topological polar surface area (TPSA) is 53.9 Å². The van der Waals surface area contributed by atoms with Crippen molar-refractivity contribution in [2.24, 2.45) is 4.99 Å². The van der Waals surface area contributed by atoms with Crippen LogP contribution in [0.25, 0.3) is 0 Å². The summed E-state index contributed by atoms with van der Waals surface area (Å²) in [6, 6.07) is 6.44. The highest BCUT2D eigenvalue weighted by atomic mass is 19.3. The van der Waals surface area contributed by atoms with Gasteiger partial charge in [-0.3, -0.25) is 0 Å². The van der Waals surface area contributed by atoms with Crippen molar-refractivity contribution in [1.82, 2.24) is 10.2 Å². The zero-order chi connectivity index (χ0) is 18.2. The van der Waals surface area contributed by atoms with Gasteiger partial charge in [-0.2, -0.15) is 0 Å². The molecule has 1 saturated heterocycles. The summed E-state index contributed by atoms with van der Waals surface area (Å²) in [4.78, 5) is 18.3. The number of nitrogens with one attached hydrogen (secondary N) is 1. The molecular formula is C18H23F2N3O2. The summed E-state index contributed by atoms with van der Waals surface area (Å²) in [5.41, 5.74) is 1.24. The van der Waals surface area contributed by atoms with Crippen LogP contribution in [0, 0.1) is 0 Å². The summed E-state index contributed by atoms with van der Waals surface area (Å²) >= 11 is 0. The van der Waals surface area contributed by atoms with Crippen molar-refractivity contribution < 1.29 is 18.3 Å². The van der Waals surface area contributed by atoms with Crippen LogP contribution in [-0.2, 0) is 11.2 Å². The van der Waals surface area contributed by atoms with Gasteiger partial charge < -0.3 is 15.0 Å². The van der Waals surface area contributed by atoms with Crippen LogP contribution in [0.5, 0.6) is 0 Å². The molecule has 0 saturated carbocycles. The molecule has 1 amide bonds. The molecule has 136 valence electrons. The lowest BCUT2D eigenvalue weighted by Crippen LogP contribution is -2.60. The second-order valence-electron chi connectivity index (χ2n) is 7.49. The molecule has 25 heavy (non-hydrogen) atoms. The number of amidine groups is 1. The molecule has 1 N–H and O–H groups in total. The normalized spacial score (nSPS) is 22.2. The Balaban J connectivity index is 1.68. The van der Waals surface area contributed by atoms with Gasteiger partial charge in [-0.25, -0.2) is 18.6 Å². The van der Waals surface area contributed by atoms with Crippen LogP contribution in [0.4, 0.5) is 19.3 Å². The molecule has 0 aromatic heterocycles. The van der Waals surface area contributed by atoms with Crippen molar-refractivity contribution in [2.45, 2.75) is 51.2 Å². The van der Waals surface area contributed by atoms with Gasteiger partial charge in [-0.1, -0.05) is 18.2 Å². The minimum absolute atomic E-state index is 0.0130. The Hall–Kier alpha value is -2.18. The van der Waals surface area contributed by atoms with Gasteiger partial charge in [0.25, 0.3) is 5.92 Å². The van der Waals surface area contributed by atoms with Crippen molar-refractivity contribution in [3.63, 3.8) is 0 Å². The number of alkyl carbamates (subject to hydrolysis) is 1. The molecule has 7 heteroatoms. The summed E-state index contributed by atoms with van der Waals surface area (Å²) in [5.74, 6) is -2.20. The van der Waals surface area contributed by atoms with Crippen LogP contribution in [0.15, 0.2) is 29.3 Å². The van der Waals surface area contributed by atoms with Crippen LogP contribution >= 0.6 is 0 Å². The number of hydrogen-bond donors (Lipinski definition) is 1. The zero-order valence-corrected chi connectivity index (χ0v) is 14.7. The molecule has 0 radical (unpaired) electrons. The number of para-hydroxylation sites is 1. The fourth-order valence-electron chi connectivity index (χ4n) is 3.04. The number of ether oxygens (including phenoxy) is 1. The maximum Gasteiger partial charge on any atom is 0.408 e. The van der Waals surface area contributed by atoms with Crippen molar-refractivity contribution in [3.8, 4) is 0 Å². The number of carbonyl (C=O) groups is 1. The number of nitrogens with zero attached hydrogens (tertiary/aromatic N) is 2. The summed E-state index contributed by atoms with van der Waals surface area (Å²) in [5, 5.41) is 2.33. The Morgan fingerprint density at radius 1 is 1.36 bits per heavy atom. The van der Waals surface area contributed by atoms with E-state index >= 15 is 0 Å². The molecule has 0 unspecified atom stereocenters. The van der Waals surface area contributed by atoms with E-state index in [1.807, 2.05) is 29.2 Å². The van der Waals surface area contributed by atoms with Crippen molar-refractivity contribution >= 4 is 17.6 Å². The highest BCUT2D eigenvalue weighted by molar-refractivity contribution is 5.92. The molecule has 0 spiro atoms. The molecule has 5 nitrogen and oxygen atoms in total. The molecule has 2 heterocycles. The highest BCUT2D eigenvalue weighted by Gasteiger charge is 2.46. The number of amides is 1. The molecule has 1 aromatic rings. The number of piperidine rings is 1. The Labute approximate surface area is 146 Å². The minimum atomic E-state index is -2.97. The van der Waals surface area contributed by atoms with Crippen LogP contribution in [-0.4, -0.2) is 47.5 Å². The van der Waals surface area contributed by atoms with E-state index < -0.39 is 23.7 Å². The number of hydrogen-bond acceptors (Lipinski definition) is 4. The third kappa shape index (κ3) is 4.08. The van der Waals surface area contributed by atoms with E-state index in [1.165, 1.54) is 0 Å². The first-order chi connectivity index (χ1) is 11.6. The van der Waals surface area contributed by atoms with Gasteiger partial charge in [0.05, 0.1) is 5.69 Å². The maximum atomic E-state index is 14.2. The van der Waals surface area contributed by atoms with Crippen LogP contribution in [0.2, 0.25) is 0 Å². The van der Waals surface area contributed by atoms with Crippen molar-refractivity contribution in [3.05, 3.63) is 29.8 Å². The van der Waals surface area contributed by atoms with E-state index in [1.54, 1.807) is 20.8 Å². The van der Waals surface area contributed by atoms with E-state index in [-0.39, 0.29) is 19.5 Å². The molecular weight excluding hydrogens is 328 g/mol. The lowest BCUT2D eigenvalue weighted by molar-refractivity contribution is -0.0741. The Bertz CT molecular complexity index is 698. The van der Waals surface area contributed by atoms with Gasteiger partial charge >= 0.3 is 6.09 Å². The smallest absolute Gasteiger partial charge is 0.408 e. The average molecular weight is 351 g/mol. The lowest BCUT2D eigenvalue weighted by Gasteiger charge is -2.39. The Morgan fingerprint density at radius 3 is 2.76 bits per heavy atom. The van der Waals surface area contributed by atoms with Crippen molar-refractivity contribution in [1.29, 1.82) is 0 Å². The number of carbonyl (C=O) groups excluding carboxylic acids is 1. The molecule has 2 aliphatic heterocycles. The van der Waals surface area contributed by atoms with Gasteiger partial charge in [0, 0.05) is 25.9 Å². The Kier molecular flexibility index (Phi) is 4.43. The number of rotatable bonds is 1. The average Bonchev–Trinajstić information content (AvgIpc) is 2.91. The first-order valence-corrected chi connectivity index (χ1v) is 8.42. The lowest BCUT2D eigenvalue weighted by atomic mass is 10.0. The van der Waals surface area contributed by atoms with Gasteiger partial charge in [0.15, 0.2) is 0 Å². The molecule has 0 aliphatic carbocycles. The van der Waals surface area contributed by atoms with E-state index in [0.29, 0.717) is 6.42 Å². The molecule has 1 fully saturated rings. The molecule has 0 bridgehead atoms. The summed E-state index contributed by atoms with van der Waals surface area (Å²) in [6.07, 6.45) is -0.528. The van der Waals surface area contributed by atoms with Gasteiger partial charge in [-0.05, 0) is 32.4 Å². The molecule has 2 aliphatic rings. The van der Waals surface area contributed by atoms with E-state index in [2.05, 4.69) is 10.3 Å². The second kappa shape index (κ2) is 6.28. The zero-order valence-electron chi connectivity index (χ0n) is 14.7. The van der Waals surface area contributed by atoms with Crippen LogP contribution in [0.1, 0.15) is 32.8 Å². The van der Waals surface area contributed by atoms with Gasteiger partial charge in [0.2, 0.25) is 0 Å². The number of aliphatic imine (C=N–C) groups is 1. The predicted molar refractivity (Wildman–Crippen MR) is 91.5 cm³/mol. The number of halogens is 2. The first-order valence-electron chi connectivity index (χ1n) is 8.42. The third-order valence-electron chi connectivity index (χ3n) is 4.27. The SMILES string of the molecule is CC(C)(C)OC(=O)N[C@@H]1CN(C2=Nc3ccccc3C2)CCC1(F)F. The minimum Gasteiger partial charge on any atom is -0.444 e. The largest absolute Gasteiger partial charge is 0.444 e. The standard InChI is InChI=1S/C18H23F2N3O2/c1-17(2,3)25-16(24)22-14-11-23(9-8-18(14,19)20)15-10-12-6-4-5-7-13(12)21-15/h4-7,14H,8-11H2,1-3H3,(H,22,24)/t14-/m1/s1. The summed E-state index contributed by atoms with van der Waals surface area (Å²) in [6.45, 7) is 5.32. The van der Waals surface area contributed by atoms with E-state index in [9.17, 15) is 13.6 Å². The van der Waals surface area contributed by atoms with Gasteiger partial charge in [-0.15, -0.1) is 0 Å². The fourth-order valence-corrected chi connectivity index (χ4v) is 3.04. The number of alkyl halides is 2. The number of fused-ring (bicyclic) bond motifs is 1. The fraction of sp³-hybridized carbons (Fsp3) is 0.556. The predicted octanol–water partition coefficient (Wildman–Crippen LogP) is 3.51. The first kappa shape index (κ1) is 17.6. The molecule has 1 atom stereocenters. The van der Waals surface area contributed by atoms with E-state index in [4.69, 9.17) is 4.74 Å². The third-order valence-corrected chi connectivity index (χ3v) is 4.27. The van der Waals surface area contributed by atoms with Crippen LogP contribution in [0.3, 0.4) is 0 Å². The number of benzene rings is 1. The highest BCUT2D eigenvalue weighted by Crippen LogP contribution is 2.32. The summed E-state index contributed by atoms with van der Waals surface area (Å²) in [7, 11) is 0.